The van der Waals surface area contributed by atoms with Crippen molar-refractivity contribution in [2.24, 2.45) is 0 Å². The number of carboxylic acid groups (broad SMARTS) is 1. The second kappa shape index (κ2) is 4.48. The number of nitrogens with one attached hydrogen (secondary N) is 1. The van der Waals surface area contributed by atoms with Crippen molar-refractivity contribution in [3.63, 3.8) is 0 Å². The van der Waals surface area contributed by atoms with Gasteiger partial charge in [0.2, 0.25) is 0 Å². The van der Waals surface area contributed by atoms with Crippen molar-refractivity contribution in [1.29, 1.82) is 0 Å². The summed E-state index contributed by atoms with van der Waals surface area (Å²) in [6.07, 6.45) is 0.277. The predicted octanol–water partition coefficient (Wildman–Crippen LogP) is 1.57. The van der Waals surface area contributed by atoms with Gasteiger partial charge in [0.1, 0.15) is 0 Å². The average molecular weight is 243 g/mol. The summed E-state index contributed by atoms with van der Waals surface area (Å²) >= 11 is 1.15. The fourth-order valence-electron chi connectivity index (χ4n) is 0.987. The van der Waals surface area contributed by atoms with Crippen molar-refractivity contribution < 1.29 is 14.7 Å². The summed E-state index contributed by atoms with van der Waals surface area (Å²) in [5, 5.41) is 11.7. The van der Waals surface area contributed by atoms with Crippen LogP contribution < -0.4 is 5.43 Å². The van der Waals surface area contributed by atoms with Crippen molar-refractivity contribution in [2.45, 2.75) is 26.3 Å². The van der Waals surface area contributed by atoms with Crippen LogP contribution in [0.1, 0.15) is 30.6 Å². The van der Waals surface area contributed by atoms with Gasteiger partial charge in [0.05, 0.1) is 5.54 Å². The molecule has 0 unspecified atom stereocenters. The third-order valence-corrected chi connectivity index (χ3v) is 2.47. The predicted molar refractivity (Wildman–Crippen MR) is 59.2 cm³/mol. The molecule has 0 bridgehead atoms. The van der Waals surface area contributed by atoms with Gasteiger partial charge in [-0.15, -0.1) is 11.3 Å². The molecule has 0 radical (unpaired) electrons. The molecule has 2 N–H and O–H groups in total. The fraction of sp³-hybridized carbons (Fsp3) is 0.444. The standard InChI is InChI=1S/C9H13N3O3S/c1-9(2,3)12(8(14)15)11-6(13)7-10-4-5-16-7/h4-5H,1-3H3,(H,11,13)(H,14,15). The number of aromatic nitrogens is 1. The SMILES string of the molecule is CC(C)(C)N(NC(=O)c1nccs1)C(=O)O. The third-order valence-electron chi connectivity index (χ3n) is 1.70. The molecule has 0 aliphatic carbocycles. The van der Waals surface area contributed by atoms with Crippen LogP contribution in [-0.2, 0) is 0 Å². The number of hydrogen-bond acceptors (Lipinski definition) is 4. The van der Waals surface area contributed by atoms with Gasteiger partial charge in [-0.1, -0.05) is 0 Å². The van der Waals surface area contributed by atoms with Gasteiger partial charge in [-0.05, 0) is 20.8 Å². The first-order chi connectivity index (χ1) is 7.32. The lowest BCUT2D eigenvalue weighted by atomic mass is 10.1. The molecule has 0 fully saturated rings. The van der Waals surface area contributed by atoms with Crippen LogP contribution >= 0.6 is 11.3 Å². The molecule has 0 saturated carbocycles. The highest BCUT2D eigenvalue weighted by Gasteiger charge is 2.28. The molecule has 16 heavy (non-hydrogen) atoms. The molecule has 0 spiro atoms. The minimum absolute atomic E-state index is 0.232. The summed E-state index contributed by atoms with van der Waals surface area (Å²) in [5.74, 6) is -0.521. The normalized spacial score (nSPS) is 10.9. The molecular weight excluding hydrogens is 230 g/mol. The van der Waals surface area contributed by atoms with E-state index in [1.54, 1.807) is 26.2 Å². The molecule has 2 amide bonds. The van der Waals surface area contributed by atoms with Crippen molar-refractivity contribution in [2.75, 3.05) is 0 Å². The molecule has 1 aromatic heterocycles. The lowest BCUT2D eigenvalue weighted by Gasteiger charge is -2.32. The Morgan fingerprint density at radius 3 is 2.50 bits per heavy atom. The maximum absolute atomic E-state index is 11.6. The zero-order valence-corrected chi connectivity index (χ0v) is 10.0. The molecular formula is C9H13N3O3S. The summed E-state index contributed by atoms with van der Waals surface area (Å²) in [6, 6.07) is 0. The number of amides is 2. The van der Waals surface area contributed by atoms with Gasteiger partial charge < -0.3 is 5.11 Å². The first-order valence-corrected chi connectivity index (χ1v) is 5.44. The van der Waals surface area contributed by atoms with Crippen LogP contribution in [0, 0.1) is 0 Å². The maximum Gasteiger partial charge on any atom is 0.426 e. The maximum atomic E-state index is 11.6. The highest BCUT2D eigenvalue weighted by Crippen LogP contribution is 2.12. The van der Waals surface area contributed by atoms with Gasteiger partial charge in [-0.25, -0.2) is 14.8 Å². The third kappa shape index (κ3) is 2.93. The molecule has 0 atom stereocenters. The molecule has 0 aliphatic heterocycles. The Morgan fingerprint density at radius 1 is 1.50 bits per heavy atom. The number of hydrogen-bond donors (Lipinski definition) is 2. The zero-order chi connectivity index (χ0) is 12.3. The van der Waals surface area contributed by atoms with Crippen molar-refractivity contribution in [3.8, 4) is 0 Å². The first-order valence-electron chi connectivity index (χ1n) is 4.56. The van der Waals surface area contributed by atoms with E-state index in [4.69, 9.17) is 5.11 Å². The average Bonchev–Trinajstić information content (AvgIpc) is 2.63. The Kier molecular flexibility index (Phi) is 3.48. The zero-order valence-electron chi connectivity index (χ0n) is 9.22. The van der Waals surface area contributed by atoms with Crippen LogP contribution in [-0.4, -0.2) is 32.6 Å². The topological polar surface area (TPSA) is 82.5 Å². The van der Waals surface area contributed by atoms with Gasteiger partial charge >= 0.3 is 6.09 Å². The number of hydrazine groups is 1. The molecule has 88 valence electrons. The van der Waals surface area contributed by atoms with E-state index in [0.29, 0.717) is 0 Å². The quantitative estimate of drug-likeness (QED) is 0.733. The molecule has 6 nitrogen and oxygen atoms in total. The van der Waals surface area contributed by atoms with Crippen molar-refractivity contribution in [1.82, 2.24) is 15.4 Å². The van der Waals surface area contributed by atoms with E-state index in [0.717, 1.165) is 16.3 Å². The van der Waals surface area contributed by atoms with Crippen LogP contribution in [0.2, 0.25) is 0 Å². The minimum Gasteiger partial charge on any atom is -0.464 e. The second-order valence-electron chi connectivity index (χ2n) is 4.07. The van der Waals surface area contributed by atoms with Crippen LogP contribution in [0.25, 0.3) is 0 Å². The molecule has 1 heterocycles. The summed E-state index contributed by atoms with van der Waals surface area (Å²) in [5.41, 5.74) is 1.59. The minimum atomic E-state index is -1.21. The number of nitrogens with zero attached hydrogens (tertiary/aromatic N) is 2. The van der Waals surface area contributed by atoms with Crippen LogP contribution in [0.4, 0.5) is 4.79 Å². The summed E-state index contributed by atoms with van der Waals surface area (Å²) < 4.78 is 0. The van der Waals surface area contributed by atoms with E-state index in [-0.39, 0.29) is 5.01 Å². The highest BCUT2D eigenvalue weighted by atomic mass is 32.1. The van der Waals surface area contributed by atoms with E-state index < -0.39 is 17.5 Å². The van der Waals surface area contributed by atoms with Crippen molar-refractivity contribution >= 4 is 23.3 Å². The van der Waals surface area contributed by atoms with Gasteiger partial charge in [0, 0.05) is 11.6 Å². The number of rotatable bonds is 1. The molecule has 1 rings (SSSR count). The van der Waals surface area contributed by atoms with E-state index >= 15 is 0 Å². The second-order valence-corrected chi connectivity index (χ2v) is 4.96. The van der Waals surface area contributed by atoms with E-state index in [1.807, 2.05) is 0 Å². The largest absolute Gasteiger partial charge is 0.464 e. The van der Waals surface area contributed by atoms with Crippen LogP contribution in [0.15, 0.2) is 11.6 Å². The van der Waals surface area contributed by atoms with Gasteiger partial charge in [0.15, 0.2) is 5.01 Å². The number of carbonyl (C=O) groups is 2. The van der Waals surface area contributed by atoms with E-state index in [2.05, 4.69) is 10.4 Å². The van der Waals surface area contributed by atoms with Gasteiger partial charge in [0.25, 0.3) is 5.91 Å². The Hall–Kier alpha value is -1.63. The van der Waals surface area contributed by atoms with E-state index in [9.17, 15) is 9.59 Å². The van der Waals surface area contributed by atoms with E-state index in [1.165, 1.54) is 6.20 Å². The summed E-state index contributed by atoms with van der Waals surface area (Å²) in [6.45, 7) is 5.05. The van der Waals surface area contributed by atoms with Crippen molar-refractivity contribution in [3.05, 3.63) is 16.6 Å². The molecule has 0 aliphatic rings. The summed E-state index contributed by atoms with van der Waals surface area (Å²) in [7, 11) is 0. The number of carbonyl (C=O) groups excluding carboxylic acids is 1. The fourth-order valence-corrected chi connectivity index (χ4v) is 1.51. The Balaban J connectivity index is 2.78. The Morgan fingerprint density at radius 2 is 2.12 bits per heavy atom. The van der Waals surface area contributed by atoms with Gasteiger partial charge in [-0.2, -0.15) is 0 Å². The molecule has 0 aromatic carbocycles. The highest BCUT2D eigenvalue weighted by molar-refractivity contribution is 7.11. The molecule has 1 aromatic rings. The Bertz CT molecular complexity index is 383. The molecule has 7 heteroatoms. The monoisotopic (exact) mass is 243 g/mol. The molecule has 0 saturated heterocycles. The summed E-state index contributed by atoms with van der Waals surface area (Å²) in [4.78, 5) is 26.3. The van der Waals surface area contributed by atoms with Crippen LogP contribution in [0.5, 0.6) is 0 Å². The first kappa shape index (κ1) is 12.4. The van der Waals surface area contributed by atoms with Gasteiger partial charge in [-0.3, -0.25) is 10.2 Å². The lowest BCUT2D eigenvalue weighted by molar-refractivity contribution is 0.0497. The lowest BCUT2D eigenvalue weighted by Crippen LogP contribution is -2.55. The number of thiazole rings is 1. The van der Waals surface area contributed by atoms with Crippen LogP contribution in [0.3, 0.4) is 0 Å². The Labute approximate surface area is 96.9 Å². The smallest absolute Gasteiger partial charge is 0.426 e.